The van der Waals surface area contributed by atoms with Gasteiger partial charge < -0.3 is 4.90 Å². The van der Waals surface area contributed by atoms with Gasteiger partial charge in [0.25, 0.3) is 0 Å². The van der Waals surface area contributed by atoms with E-state index in [1.807, 2.05) is 79.8 Å². The van der Waals surface area contributed by atoms with Crippen LogP contribution in [-0.4, -0.2) is 35.9 Å². The van der Waals surface area contributed by atoms with Gasteiger partial charge in [0.15, 0.2) is 5.84 Å². The van der Waals surface area contributed by atoms with Crippen LogP contribution in [0.2, 0.25) is 5.02 Å². The fourth-order valence-corrected chi connectivity index (χ4v) is 4.91. The van der Waals surface area contributed by atoms with Gasteiger partial charge in [-0.25, -0.2) is 5.01 Å². The fraction of sp³-hybridized carbons (Fsp3) is 0.148. The van der Waals surface area contributed by atoms with Crippen molar-refractivity contribution in [1.29, 1.82) is 0 Å². The number of amidine groups is 1. The standard InChI is InChI=1S/C27H23ClN4OS/c1-31(2)22-14-8-18(9-15-22)16-25-26(29-27(33)34-25)32-24(20-10-12-21(28)13-11-20)17-23(30-32)19-6-4-3-5-7-19/h3-16,24H,17H2,1-2H3/b25-16-. The van der Waals surface area contributed by atoms with Crippen molar-refractivity contribution >= 4 is 51.9 Å². The van der Waals surface area contributed by atoms with Crippen molar-refractivity contribution < 1.29 is 4.79 Å². The SMILES string of the molecule is CN(C)c1ccc(/C=C2\SC(=O)N=C2N2N=C(c3ccccc3)CC2c2ccc(Cl)cc2)cc1. The van der Waals surface area contributed by atoms with Crippen molar-refractivity contribution in [3.8, 4) is 0 Å². The number of benzene rings is 3. The second-order valence-corrected chi connectivity index (χ2v) is 9.76. The van der Waals surface area contributed by atoms with Crippen molar-refractivity contribution in [2.24, 2.45) is 10.1 Å². The van der Waals surface area contributed by atoms with E-state index >= 15 is 0 Å². The summed E-state index contributed by atoms with van der Waals surface area (Å²) in [6, 6.07) is 26.0. The highest BCUT2D eigenvalue weighted by Crippen LogP contribution is 2.39. The zero-order chi connectivity index (χ0) is 23.7. The summed E-state index contributed by atoms with van der Waals surface area (Å²) in [5, 5.41) is 7.30. The lowest BCUT2D eigenvalue weighted by atomic mass is 9.98. The molecule has 2 aliphatic heterocycles. The molecule has 5 nitrogen and oxygen atoms in total. The van der Waals surface area contributed by atoms with Gasteiger partial charge in [0.1, 0.15) is 0 Å². The molecule has 7 heteroatoms. The summed E-state index contributed by atoms with van der Waals surface area (Å²) in [5.41, 5.74) is 5.21. The Labute approximate surface area is 208 Å². The van der Waals surface area contributed by atoms with Gasteiger partial charge in [0.2, 0.25) is 0 Å². The van der Waals surface area contributed by atoms with E-state index in [1.165, 1.54) is 0 Å². The van der Waals surface area contributed by atoms with Crippen molar-refractivity contribution in [3.63, 3.8) is 0 Å². The monoisotopic (exact) mass is 486 g/mol. The number of carbonyl (C=O) groups is 1. The van der Waals surface area contributed by atoms with Crippen molar-refractivity contribution in [1.82, 2.24) is 5.01 Å². The molecule has 0 aromatic heterocycles. The van der Waals surface area contributed by atoms with E-state index < -0.39 is 0 Å². The molecule has 5 rings (SSSR count). The summed E-state index contributed by atoms with van der Waals surface area (Å²) in [4.78, 5) is 19.6. The van der Waals surface area contributed by atoms with E-state index in [4.69, 9.17) is 16.7 Å². The van der Waals surface area contributed by atoms with Gasteiger partial charge in [-0.05, 0) is 58.8 Å². The quantitative estimate of drug-likeness (QED) is 0.404. The minimum atomic E-state index is -0.232. The van der Waals surface area contributed by atoms with Crippen LogP contribution in [0.3, 0.4) is 0 Å². The van der Waals surface area contributed by atoms with Gasteiger partial charge in [-0.15, -0.1) is 0 Å². The molecule has 1 unspecified atom stereocenters. The largest absolute Gasteiger partial charge is 0.378 e. The molecular weight excluding hydrogens is 464 g/mol. The maximum absolute atomic E-state index is 12.4. The van der Waals surface area contributed by atoms with Gasteiger partial charge in [-0.1, -0.05) is 66.2 Å². The zero-order valence-corrected chi connectivity index (χ0v) is 20.4. The Morgan fingerprint density at radius 3 is 2.38 bits per heavy atom. The van der Waals surface area contributed by atoms with Crippen LogP contribution in [0.4, 0.5) is 10.5 Å². The number of carbonyl (C=O) groups excluding carboxylic acids is 1. The molecule has 0 N–H and O–H groups in total. The fourth-order valence-electron chi connectivity index (χ4n) is 4.04. The Morgan fingerprint density at radius 2 is 1.71 bits per heavy atom. The van der Waals surface area contributed by atoms with Crippen LogP contribution in [0.15, 0.2) is 93.9 Å². The first-order valence-electron chi connectivity index (χ1n) is 11.0. The summed E-state index contributed by atoms with van der Waals surface area (Å²) in [6.07, 6.45) is 2.71. The third kappa shape index (κ3) is 4.65. The highest BCUT2D eigenvalue weighted by molar-refractivity contribution is 8.18. The van der Waals surface area contributed by atoms with E-state index in [2.05, 4.69) is 34.2 Å². The molecule has 0 bridgehead atoms. The Balaban J connectivity index is 1.53. The van der Waals surface area contributed by atoms with Crippen LogP contribution in [0.1, 0.15) is 29.2 Å². The first-order valence-corrected chi connectivity index (χ1v) is 12.1. The third-order valence-electron chi connectivity index (χ3n) is 5.81. The summed E-state index contributed by atoms with van der Waals surface area (Å²) in [6.45, 7) is 0. The first kappa shape index (κ1) is 22.4. The van der Waals surface area contributed by atoms with Gasteiger partial charge in [-0.2, -0.15) is 10.1 Å². The van der Waals surface area contributed by atoms with Crippen LogP contribution in [0.25, 0.3) is 6.08 Å². The van der Waals surface area contributed by atoms with E-state index in [-0.39, 0.29) is 11.3 Å². The third-order valence-corrected chi connectivity index (χ3v) is 6.85. The van der Waals surface area contributed by atoms with Crippen LogP contribution < -0.4 is 4.90 Å². The maximum atomic E-state index is 12.4. The molecule has 1 atom stereocenters. The summed E-state index contributed by atoms with van der Waals surface area (Å²) < 4.78 is 0. The lowest BCUT2D eigenvalue weighted by molar-refractivity contribution is 0.267. The average Bonchev–Trinajstić information content (AvgIpc) is 3.44. The number of rotatable bonds is 4. The van der Waals surface area contributed by atoms with E-state index in [9.17, 15) is 4.79 Å². The van der Waals surface area contributed by atoms with Crippen LogP contribution in [0, 0.1) is 0 Å². The van der Waals surface area contributed by atoms with E-state index in [0.717, 1.165) is 44.8 Å². The van der Waals surface area contributed by atoms with Crippen molar-refractivity contribution in [3.05, 3.63) is 105 Å². The second-order valence-electron chi connectivity index (χ2n) is 8.33. The number of halogens is 1. The second kappa shape index (κ2) is 9.49. The Kier molecular flexibility index (Phi) is 6.26. The Morgan fingerprint density at radius 1 is 1.00 bits per heavy atom. The molecule has 0 aliphatic carbocycles. The molecule has 0 fully saturated rings. The smallest absolute Gasteiger partial charge is 0.311 e. The molecule has 2 heterocycles. The number of anilines is 1. The molecule has 170 valence electrons. The number of aliphatic imine (C=N–C) groups is 1. The first-order chi connectivity index (χ1) is 16.5. The molecule has 34 heavy (non-hydrogen) atoms. The summed E-state index contributed by atoms with van der Waals surface area (Å²) >= 11 is 7.28. The molecule has 0 radical (unpaired) electrons. The molecule has 0 saturated carbocycles. The van der Waals surface area contributed by atoms with Crippen molar-refractivity contribution in [2.45, 2.75) is 12.5 Å². The predicted octanol–water partition coefficient (Wildman–Crippen LogP) is 6.86. The number of thioether (sulfide) groups is 1. The predicted molar refractivity (Wildman–Crippen MR) is 143 cm³/mol. The number of amides is 1. The highest BCUT2D eigenvalue weighted by Gasteiger charge is 2.36. The van der Waals surface area contributed by atoms with Gasteiger partial charge >= 0.3 is 5.24 Å². The number of hydrazone groups is 1. The lowest BCUT2D eigenvalue weighted by Crippen LogP contribution is -2.26. The minimum absolute atomic E-state index is 0.0859. The van der Waals surface area contributed by atoms with E-state index in [1.54, 1.807) is 0 Å². The molecule has 1 amide bonds. The number of hydrogen-bond acceptors (Lipinski definition) is 5. The topological polar surface area (TPSA) is 48.3 Å². The lowest BCUT2D eigenvalue weighted by Gasteiger charge is -2.24. The van der Waals surface area contributed by atoms with Crippen LogP contribution >= 0.6 is 23.4 Å². The Bertz CT molecular complexity index is 1300. The van der Waals surface area contributed by atoms with Crippen LogP contribution in [0.5, 0.6) is 0 Å². The zero-order valence-electron chi connectivity index (χ0n) is 18.9. The summed E-state index contributed by atoms with van der Waals surface area (Å²) in [7, 11) is 4.02. The van der Waals surface area contributed by atoms with E-state index in [0.29, 0.717) is 17.3 Å². The minimum Gasteiger partial charge on any atom is -0.378 e. The maximum Gasteiger partial charge on any atom is 0.311 e. The molecule has 0 spiro atoms. The molecule has 3 aromatic rings. The van der Waals surface area contributed by atoms with Crippen molar-refractivity contribution in [2.75, 3.05) is 19.0 Å². The molecule has 2 aliphatic rings. The van der Waals surface area contributed by atoms with Gasteiger partial charge in [0, 0.05) is 31.2 Å². The Hall–Kier alpha value is -3.35. The van der Waals surface area contributed by atoms with Gasteiger partial charge in [-0.3, -0.25) is 4.79 Å². The average molecular weight is 487 g/mol. The van der Waals surface area contributed by atoms with Crippen LogP contribution in [-0.2, 0) is 0 Å². The summed E-state index contributed by atoms with van der Waals surface area (Å²) in [5.74, 6) is 0.581. The number of hydrogen-bond donors (Lipinski definition) is 0. The van der Waals surface area contributed by atoms with Gasteiger partial charge in [0.05, 0.1) is 16.7 Å². The molecule has 0 saturated heterocycles. The molecule has 3 aromatic carbocycles. The highest BCUT2D eigenvalue weighted by atomic mass is 35.5. The molecular formula is C27H23ClN4OS. The normalized spacial score (nSPS) is 18.9. The number of nitrogens with zero attached hydrogens (tertiary/aromatic N) is 4.